The number of halogens is 4. The Bertz CT molecular complexity index is 495. The Balaban J connectivity index is 2.53. The molecule has 1 atom stereocenters. The van der Waals surface area contributed by atoms with E-state index in [1.54, 1.807) is 36.4 Å². The quantitative estimate of drug-likeness (QED) is 0.572. The van der Waals surface area contributed by atoms with Gasteiger partial charge >= 0.3 is 12.3 Å². The van der Waals surface area contributed by atoms with Crippen molar-refractivity contribution in [2.45, 2.75) is 31.8 Å². The van der Waals surface area contributed by atoms with E-state index in [1.807, 2.05) is 6.92 Å². The molecule has 0 saturated heterocycles. The van der Waals surface area contributed by atoms with Gasteiger partial charge in [0.05, 0.1) is 6.10 Å². The summed E-state index contributed by atoms with van der Waals surface area (Å²) in [5, 5.41) is 9.30. The van der Waals surface area contributed by atoms with Crippen LogP contribution in [-0.4, -0.2) is 30.2 Å². The molecule has 22 heavy (non-hydrogen) atoms. The lowest BCUT2D eigenvalue weighted by atomic mass is 10.2. The molecule has 1 unspecified atom stereocenters. The molecule has 0 radical (unpaired) electrons. The van der Waals surface area contributed by atoms with Crippen LogP contribution in [0.2, 0.25) is 0 Å². The largest absolute Gasteiger partial charge is 0.487 e. The lowest BCUT2D eigenvalue weighted by Gasteiger charge is -2.15. The van der Waals surface area contributed by atoms with Gasteiger partial charge in [-0.3, -0.25) is 0 Å². The van der Waals surface area contributed by atoms with Gasteiger partial charge in [0.1, 0.15) is 5.75 Å². The molecule has 0 saturated carbocycles. The molecular formula is C16H18F4O2. The lowest BCUT2D eigenvalue weighted by Crippen LogP contribution is -2.33. The second kappa shape index (κ2) is 8.58. The zero-order valence-electron chi connectivity index (χ0n) is 12.1. The second-order valence-corrected chi connectivity index (χ2v) is 4.64. The smallest absolute Gasteiger partial charge is 0.340 e. The first-order chi connectivity index (χ1) is 10.3. The highest BCUT2D eigenvalue weighted by Gasteiger charge is 2.41. The summed E-state index contributed by atoms with van der Waals surface area (Å²) in [4.78, 5) is 0. The Morgan fingerprint density at radius 1 is 1.18 bits per heavy atom. The highest BCUT2D eigenvalue weighted by Crippen LogP contribution is 2.24. The number of allylic oxidation sites excluding steroid dienone is 2. The summed E-state index contributed by atoms with van der Waals surface area (Å²) in [6, 6.07) is 6.06. The number of aliphatic hydroxyl groups is 1. The van der Waals surface area contributed by atoms with Crippen molar-refractivity contribution in [2.24, 2.45) is 0 Å². The van der Waals surface area contributed by atoms with Crippen LogP contribution in [0.25, 0.3) is 6.08 Å². The molecule has 0 aliphatic heterocycles. The van der Waals surface area contributed by atoms with E-state index >= 15 is 0 Å². The van der Waals surface area contributed by atoms with E-state index in [0.717, 1.165) is 5.56 Å². The molecule has 0 spiro atoms. The maximum Gasteiger partial charge on any atom is 0.340 e. The highest BCUT2D eigenvalue weighted by atomic mass is 19.3. The van der Waals surface area contributed by atoms with E-state index in [2.05, 4.69) is 4.74 Å². The predicted molar refractivity (Wildman–Crippen MR) is 77.4 cm³/mol. The van der Waals surface area contributed by atoms with Gasteiger partial charge in [0.15, 0.2) is 6.61 Å². The van der Waals surface area contributed by atoms with E-state index < -0.39 is 25.1 Å². The van der Waals surface area contributed by atoms with Crippen LogP contribution in [0, 0.1) is 0 Å². The van der Waals surface area contributed by atoms with E-state index in [4.69, 9.17) is 0 Å². The van der Waals surface area contributed by atoms with Gasteiger partial charge in [-0.1, -0.05) is 43.4 Å². The van der Waals surface area contributed by atoms with Gasteiger partial charge in [-0.25, -0.2) is 8.78 Å². The maximum atomic E-state index is 12.7. The lowest BCUT2D eigenvalue weighted by molar-refractivity contribution is -0.148. The van der Waals surface area contributed by atoms with E-state index in [9.17, 15) is 22.7 Å². The molecule has 0 bridgehead atoms. The molecule has 0 fully saturated rings. The molecule has 6 heteroatoms. The molecule has 1 N–H and O–H groups in total. The summed E-state index contributed by atoms with van der Waals surface area (Å²) in [7, 11) is 0. The van der Waals surface area contributed by atoms with Crippen LogP contribution in [-0.2, 0) is 0 Å². The van der Waals surface area contributed by atoms with Gasteiger partial charge < -0.3 is 9.84 Å². The van der Waals surface area contributed by atoms with Gasteiger partial charge in [-0.05, 0) is 24.1 Å². The summed E-state index contributed by atoms with van der Waals surface area (Å²) >= 11 is 0. The average Bonchev–Trinajstić information content (AvgIpc) is 2.50. The van der Waals surface area contributed by atoms with Crippen molar-refractivity contribution in [3.8, 4) is 5.75 Å². The molecule has 122 valence electrons. The maximum absolute atomic E-state index is 12.7. The van der Waals surface area contributed by atoms with E-state index in [0.29, 0.717) is 6.42 Å². The summed E-state index contributed by atoms with van der Waals surface area (Å²) in [6.07, 6.45) is 3.19. The first-order valence-electron chi connectivity index (χ1n) is 6.77. The standard InChI is InChI=1S/C16H18F4O2/c1-2-13(21)6-4-3-5-12-7-9-14(10-8-12)22-11-16(19,20)15(17)18/h3-10,13,15,21H,2,11H2,1H3. The number of ether oxygens (including phenoxy) is 1. The van der Waals surface area contributed by atoms with Crippen molar-refractivity contribution in [1.82, 2.24) is 0 Å². The molecule has 0 aromatic heterocycles. The van der Waals surface area contributed by atoms with Gasteiger partial charge in [0.2, 0.25) is 0 Å². The van der Waals surface area contributed by atoms with Crippen LogP contribution < -0.4 is 4.74 Å². The summed E-state index contributed by atoms with van der Waals surface area (Å²) in [6.45, 7) is 0.493. The summed E-state index contributed by atoms with van der Waals surface area (Å²) in [5.74, 6) is -4.07. The third-order valence-electron chi connectivity index (χ3n) is 2.78. The third-order valence-corrected chi connectivity index (χ3v) is 2.78. The first kappa shape index (κ1) is 18.2. The van der Waals surface area contributed by atoms with Crippen LogP contribution in [0.1, 0.15) is 18.9 Å². The Kier molecular flexibility index (Phi) is 7.11. The van der Waals surface area contributed by atoms with Crippen LogP contribution in [0.15, 0.2) is 42.5 Å². The Morgan fingerprint density at radius 3 is 2.36 bits per heavy atom. The summed E-state index contributed by atoms with van der Waals surface area (Å²) < 4.78 is 54.0. The number of benzene rings is 1. The van der Waals surface area contributed by atoms with E-state index in [-0.39, 0.29) is 5.75 Å². The zero-order chi connectivity index (χ0) is 16.6. The number of rotatable bonds is 8. The number of aliphatic hydroxyl groups excluding tert-OH is 1. The number of alkyl halides is 4. The van der Waals surface area contributed by atoms with Crippen molar-refractivity contribution >= 4 is 6.08 Å². The highest BCUT2D eigenvalue weighted by molar-refractivity contribution is 5.52. The van der Waals surface area contributed by atoms with Crippen LogP contribution in [0.3, 0.4) is 0 Å². The number of hydrogen-bond donors (Lipinski definition) is 1. The Labute approximate surface area is 126 Å². The van der Waals surface area contributed by atoms with Crippen LogP contribution in [0.4, 0.5) is 17.6 Å². The Morgan fingerprint density at radius 2 is 1.82 bits per heavy atom. The molecule has 1 aromatic rings. The fraction of sp³-hybridized carbons (Fsp3) is 0.375. The summed E-state index contributed by atoms with van der Waals surface area (Å²) in [5.41, 5.74) is 0.781. The molecule has 0 amide bonds. The fourth-order valence-electron chi connectivity index (χ4n) is 1.41. The monoisotopic (exact) mass is 318 g/mol. The van der Waals surface area contributed by atoms with Gasteiger partial charge in [-0.2, -0.15) is 8.78 Å². The predicted octanol–water partition coefficient (Wildman–Crippen LogP) is 4.31. The minimum absolute atomic E-state index is 0.0921. The first-order valence-corrected chi connectivity index (χ1v) is 6.77. The minimum atomic E-state index is -4.16. The topological polar surface area (TPSA) is 29.5 Å². The van der Waals surface area contributed by atoms with Crippen LogP contribution >= 0.6 is 0 Å². The Hall–Kier alpha value is -1.82. The van der Waals surface area contributed by atoms with Crippen molar-refractivity contribution in [3.05, 3.63) is 48.1 Å². The van der Waals surface area contributed by atoms with Crippen molar-refractivity contribution in [3.63, 3.8) is 0 Å². The minimum Gasteiger partial charge on any atom is -0.487 e. The van der Waals surface area contributed by atoms with Crippen molar-refractivity contribution in [1.29, 1.82) is 0 Å². The number of hydrogen-bond acceptors (Lipinski definition) is 2. The molecule has 1 rings (SSSR count). The second-order valence-electron chi connectivity index (χ2n) is 4.64. The molecule has 0 heterocycles. The van der Waals surface area contributed by atoms with Crippen molar-refractivity contribution < 1.29 is 27.4 Å². The SMILES string of the molecule is CCC(O)C=CC=Cc1ccc(OCC(F)(F)C(F)F)cc1. The van der Waals surface area contributed by atoms with Crippen molar-refractivity contribution in [2.75, 3.05) is 6.61 Å². The normalized spacial score (nSPS) is 14.1. The van der Waals surface area contributed by atoms with Gasteiger partial charge in [0, 0.05) is 0 Å². The zero-order valence-corrected chi connectivity index (χ0v) is 12.1. The molecule has 2 nitrogen and oxygen atoms in total. The van der Waals surface area contributed by atoms with Gasteiger partial charge in [0.25, 0.3) is 0 Å². The average molecular weight is 318 g/mol. The van der Waals surface area contributed by atoms with Crippen LogP contribution in [0.5, 0.6) is 5.75 Å². The fourth-order valence-corrected chi connectivity index (χ4v) is 1.41. The molecular weight excluding hydrogens is 300 g/mol. The third kappa shape index (κ3) is 6.30. The molecule has 1 aromatic carbocycles. The van der Waals surface area contributed by atoms with Gasteiger partial charge in [-0.15, -0.1) is 0 Å². The molecule has 0 aliphatic rings. The van der Waals surface area contributed by atoms with E-state index in [1.165, 1.54) is 12.1 Å². The molecule has 0 aliphatic carbocycles.